The molecule has 0 spiro atoms. The van der Waals surface area contributed by atoms with E-state index in [1.54, 1.807) is 17.6 Å². The molecule has 0 bridgehead atoms. The van der Waals surface area contributed by atoms with Crippen LogP contribution in [0.15, 0.2) is 36.9 Å². The van der Waals surface area contributed by atoms with E-state index in [0.717, 1.165) is 12.1 Å². The number of alkyl halides is 3. The van der Waals surface area contributed by atoms with Crippen LogP contribution in [0.2, 0.25) is 0 Å². The zero-order chi connectivity index (χ0) is 21.2. The molecule has 2 heterocycles. The number of nitrogens with one attached hydrogen (secondary N) is 2. The van der Waals surface area contributed by atoms with Crippen molar-refractivity contribution in [3.05, 3.63) is 52.9 Å². The molecule has 0 radical (unpaired) electrons. The van der Waals surface area contributed by atoms with Crippen LogP contribution in [0.25, 0.3) is 10.7 Å². The highest BCUT2D eigenvalue weighted by Crippen LogP contribution is 2.32. The number of carbonyl (C=O) groups excluding carboxylic acids is 1. The number of anilines is 1. The predicted octanol–water partition coefficient (Wildman–Crippen LogP) is 4.71. The molecule has 1 aromatic carbocycles. The van der Waals surface area contributed by atoms with E-state index in [1.165, 1.54) is 23.5 Å². The Morgan fingerprint density at radius 3 is 2.72 bits per heavy atom. The Hall–Kier alpha value is -2.99. The molecule has 3 rings (SSSR count). The van der Waals surface area contributed by atoms with E-state index in [0.29, 0.717) is 32.8 Å². The van der Waals surface area contributed by atoms with E-state index in [4.69, 9.17) is 12.2 Å². The molecule has 2 N–H and O–H groups in total. The fourth-order valence-corrected chi connectivity index (χ4v) is 3.59. The number of hydrogen-bond acceptors (Lipinski definition) is 6. The van der Waals surface area contributed by atoms with Crippen molar-refractivity contribution in [1.29, 1.82) is 0 Å². The summed E-state index contributed by atoms with van der Waals surface area (Å²) < 4.78 is 42.6. The molecule has 0 unspecified atom stereocenters. The van der Waals surface area contributed by atoms with Crippen LogP contribution in [0.3, 0.4) is 0 Å². The van der Waals surface area contributed by atoms with Gasteiger partial charge in [-0.25, -0.2) is 4.98 Å². The summed E-state index contributed by atoms with van der Waals surface area (Å²) in [5.74, 6) is -0.362. The molecule has 2 aromatic heterocycles. The number of amides is 1. The van der Waals surface area contributed by atoms with Crippen LogP contribution in [0.1, 0.15) is 16.1 Å². The zero-order valence-electron chi connectivity index (χ0n) is 14.9. The van der Waals surface area contributed by atoms with Gasteiger partial charge in [0.2, 0.25) is 0 Å². The van der Waals surface area contributed by atoms with Gasteiger partial charge in [-0.1, -0.05) is 17.4 Å². The second-order valence-electron chi connectivity index (χ2n) is 5.71. The summed E-state index contributed by atoms with van der Waals surface area (Å²) >= 11 is 6.40. The SMILES string of the molecule is C=CCn1c(-c2sc(NC(=O)c3ccc(OC(F)(F)F)cc3)nc2C)n[nH]c1=S. The minimum atomic E-state index is -4.79. The highest BCUT2D eigenvalue weighted by molar-refractivity contribution is 7.71. The Kier molecular flexibility index (Phi) is 5.84. The normalized spacial score (nSPS) is 11.3. The maximum Gasteiger partial charge on any atom is 0.573 e. The first kappa shape index (κ1) is 20.7. The molecule has 1 amide bonds. The van der Waals surface area contributed by atoms with Crippen molar-refractivity contribution in [3.63, 3.8) is 0 Å². The molecule has 0 saturated heterocycles. The molecule has 0 aliphatic rings. The van der Waals surface area contributed by atoms with Crippen molar-refractivity contribution in [3.8, 4) is 16.5 Å². The first-order chi connectivity index (χ1) is 13.7. The van der Waals surface area contributed by atoms with Crippen molar-refractivity contribution in [2.75, 3.05) is 5.32 Å². The average molecular weight is 441 g/mol. The van der Waals surface area contributed by atoms with Crippen molar-refractivity contribution in [2.24, 2.45) is 0 Å². The summed E-state index contributed by atoms with van der Waals surface area (Å²) in [4.78, 5) is 17.4. The van der Waals surface area contributed by atoms with Gasteiger partial charge in [0.25, 0.3) is 5.91 Å². The van der Waals surface area contributed by atoms with Gasteiger partial charge in [-0.05, 0) is 43.4 Å². The topological polar surface area (TPSA) is 84.8 Å². The largest absolute Gasteiger partial charge is 0.573 e. The molecule has 12 heteroatoms. The first-order valence-corrected chi connectivity index (χ1v) is 9.31. The van der Waals surface area contributed by atoms with Crippen molar-refractivity contribution in [1.82, 2.24) is 19.7 Å². The monoisotopic (exact) mass is 441 g/mol. The molecule has 0 saturated carbocycles. The summed E-state index contributed by atoms with van der Waals surface area (Å²) in [5.41, 5.74) is 0.793. The highest BCUT2D eigenvalue weighted by atomic mass is 32.1. The van der Waals surface area contributed by atoms with Gasteiger partial charge in [0.1, 0.15) is 5.75 Å². The van der Waals surface area contributed by atoms with Gasteiger partial charge >= 0.3 is 6.36 Å². The van der Waals surface area contributed by atoms with Crippen molar-refractivity contribution in [2.45, 2.75) is 19.8 Å². The number of thiazole rings is 1. The maximum atomic E-state index is 12.4. The lowest BCUT2D eigenvalue weighted by Gasteiger charge is -2.09. The zero-order valence-corrected chi connectivity index (χ0v) is 16.5. The van der Waals surface area contributed by atoms with Crippen LogP contribution in [0.4, 0.5) is 18.3 Å². The van der Waals surface area contributed by atoms with E-state index in [2.05, 4.69) is 31.8 Å². The van der Waals surface area contributed by atoms with Crippen LogP contribution < -0.4 is 10.1 Å². The Bertz CT molecular complexity index is 1100. The Labute approximate surface area is 171 Å². The molecule has 0 aliphatic heterocycles. The number of rotatable bonds is 6. The fourth-order valence-electron chi connectivity index (χ4n) is 2.42. The van der Waals surface area contributed by atoms with E-state index in [1.807, 2.05) is 0 Å². The summed E-state index contributed by atoms with van der Waals surface area (Å²) in [7, 11) is 0. The van der Waals surface area contributed by atoms with Crippen LogP contribution in [0.5, 0.6) is 5.75 Å². The van der Waals surface area contributed by atoms with E-state index < -0.39 is 18.0 Å². The van der Waals surface area contributed by atoms with Gasteiger partial charge in [0.15, 0.2) is 15.7 Å². The van der Waals surface area contributed by atoms with Crippen LogP contribution in [-0.4, -0.2) is 32.0 Å². The second-order valence-corrected chi connectivity index (χ2v) is 7.10. The molecule has 0 atom stereocenters. The Balaban J connectivity index is 1.78. The van der Waals surface area contributed by atoms with Gasteiger partial charge in [0.05, 0.1) is 10.6 Å². The lowest BCUT2D eigenvalue weighted by atomic mass is 10.2. The number of halogens is 3. The molecular weight excluding hydrogens is 427 g/mol. The van der Waals surface area contributed by atoms with Crippen molar-refractivity contribution >= 4 is 34.6 Å². The molecule has 152 valence electrons. The van der Waals surface area contributed by atoms with Gasteiger partial charge in [-0.3, -0.25) is 19.8 Å². The van der Waals surface area contributed by atoms with E-state index >= 15 is 0 Å². The molecule has 0 fully saturated rings. The summed E-state index contributed by atoms with van der Waals surface area (Å²) in [6, 6.07) is 4.59. The quantitative estimate of drug-likeness (QED) is 0.428. The number of carbonyl (C=O) groups is 1. The number of benzene rings is 1. The van der Waals surface area contributed by atoms with Crippen LogP contribution >= 0.6 is 23.6 Å². The van der Waals surface area contributed by atoms with Crippen LogP contribution in [0, 0.1) is 11.7 Å². The van der Waals surface area contributed by atoms with Gasteiger partial charge in [-0.15, -0.1) is 19.8 Å². The van der Waals surface area contributed by atoms with E-state index in [9.17, 15) is 18.0 Å². The van der Waals surface area contributed by atoms with Gasteiger partial charge < -0.3 is 4.74 Å². The standard InChI is InChI=1S/C17H14F3N5O2S2/c1-3-8-25-13(23-24-16(25)28)12-9(2)21-15(29-12)22-14(26)10-4-6-11(7-5-10)27-17(18,19)20/h3-7H,1,8H2,2H3,(H,24,28)(H,21,22,26). The third-order valence-electron chi connectivity index (χ3n) is 3.64. The number of ether oxygens (including phenoxy) is 1. The summed E-state index contributed by atoms with van der Waals surface area (Å²) in [6.07, 6.45) is -3.11. The minimum absolute atomic E-state index is 0.156. The number of aromatic nitrogens is 4. The van der Waals surface area contributed by atoms with Gasteiger partial charge in [0, 0.05) is 12.1 Å². The molecule has 7 nitrogen and oxygen atoms in total. The smallest absolute Gasteiger partial charge is 0.406 e. The third kappa shape index (κ3) is 4.90. The number of aryl methyl sites for hydroxylation is 1. The minimum Gasteiger partial charge on any atom is -0.406 e. The Morgan fingerprint density at radius 1 is 1.41 bits per heavy atom. The summed E-state index contributed by atoms with van der Waals surface area (Å²) in [6.45, 7) is 5.91. The van der Waals surface area contributed by atoms with Gasteiger partial charge in [-0.2, -0.15) is 5.10 Å². The second kappa shape index (κ2) is 8.17. The molecule has 0 aliphatic carbocycles. The lowest BCUT2D eigenvalue weighted by molar-refractivity contribution is -0.274. The number of allylic oxidation sites excluding steroid dienone is 1. The third-order valence-corrected chi connectivity index (χ3v) is 5.02. The van der Waals surface area contributed by atoms with Crippen molar-refractivity contribution < 1.29 is 22.7 Å². The lowest BCUT2D eigenvalue weighted by Crippen LogP contribution is -2.17. The average Bonchev–Trinajstić information content (AvgIpc) is 3.17. The summed E-state index contributed by atoms with van der Waals surface area (Å²) in [5, 5.41) is 9.86. The molecular formula is C17H14F3N5O2S2. The predicted molar refractivity (Wildman–Crippen MR) is 105 cm³/mol. The Morgan fingerprint density at radius 2 is 2.10 bits per heavy atom. The number of nitrogens with zero attached hydrogens (tertiary/aromatic N) is 3. The number of H-pyrrole nitrogens is 1. The first-order valence-electron chi connectivity index (χ1n) is 8.09. The molecule has 29 heavy (non-hydrogen) atoms. The molecule has 3 aromatic rings. The van der Waals surface area contributed by atoms with E-state index in [-0.39, 0.29) is 5.56 Å². The number of aromatic amines is 1. The maximum absolute atomic E-state index is 12.4. The fraction of sp³-hybridized carbons (Fsp3) is 0.176. The van der Waals surface area contributed by atoms with Crippen LogP contribution in [-0.2, 0) is 6.54 Å². The number of hydrogen-bond donors (Lipinski definition) is 2. The highest BCUT2D eigenvalue weighted by Gasteiger charge is 2.31.